The van der Waals surface area contributed by atoms with Crippen LogP contribution in [0.25, 0.3) is 5.69 Å². The Kier molecular flexibility index (Phi) is 4.88. The molecule has 0 saturated heterocycles. The van der Waals surface area contributed by atoms with Gasteiger partial charge in [0.1, 0.15) is 11.5 Å². The third kappa shape index (κ3) is 2.76. The van der Waals surface area contributed by atoms with Gasteiger partial charge >= 0.3 is 0 Å². The molecule has 0 aliphatic rings. The molecule has 2 rings (SSSR count). The van der Waals surface area contributed by atoms with Gasteiger partial charge in [0.25, 0.3) is 0 Å². The lowest BCUT2D eigenvalue weighted by atomic mass is 10.1. The van der Waals surface area contributed by atoms with E-state index in [9.17, 15) is 4.39 Å². The fourth-order valence-corrected chi connectivity index (χ4v) is 2.71. The van der Waals surface area contributed by atoms with Crippen LogP contribution in [0, 0.1) is 5.82 Å². The summed E-state index contributed by atoms with van der Waals surface area (Å²) < 4.78 is 16.0. The van der Waals surface area contributed by atoms with E-state index < -0.39 is 0 Å². The average molecular weight is 341 g/mol. The van der Waals surface area contributed by atoms with E-state index in [-0.39, 0.29) is 11.9 Å². The molecule has 0 amide bonds. The van der Waals surface area contributed by atoms with E-state index in [1.54, 1.807) is 10.7 Å². The second kappa shape index (κ2) is 6.45. The lowest BCUT2D eigenvalue weighted by Gasteiger charge is -2.13. The number of benzene rings is 1. The van der Waals surface area contributed by atoms with Crippen LogP contribution < -0.4 is 5.32 Å². The molecule has 1 aromatic heterocycles. The van der Waals surface area contributed by atoms with Crippen molar-refractivity contribution in [3.63, 3.8) is 0 Å². The van der Waals surface area contributed by atoms with Crippen LogP contribution in [0.2, 0.25) is 0 Å². The monoisotopic (exact) mass is 340 g/mol. The van der Waals surface area contributed by atoms with Crippen LogP contribution in [0.5, 0.6) is 0 Å². The quantitative estimate of drug-likeness (QED) is 0.906. The molecule has 0 radical (unpaired) electrons. The number of aromatic nitrogens is 3. The molecule has 1 heterocycles. The maximum atomic E-state index is 13.5. The van der Waals surface area contributed by atoms with Gasteiger partial charge in [-0.2, -0.15) is 0 Å². The fourth-order valence-electron chi connectivity index (χ4n) is 2.29. The zero-order valence-corrected chi connectivity index (χ0v) is 13.4. The molecule has 1 unspecified atom stereocenters. The molecule has 1 aromatic carbocycles. The highest BCUT2D eigenvalue weighted by Gasteiger charge is 2.20. The van der Waals surface area contributed by atoms with E-state index in [2.05, 4.69) is 38.5 Å². The maximum Gasteiger partial charge on any atom is 0.125 e. The molecule has 6 heteroatoms. The van der Waals surface area contributed by atoms with E-state index in [1.807, 2.05) is 14.0 Å². The minimum Gasteiger partial charge on any atom is -0.312 e. The first kappa shape index (κ1) is 15.1. The molecular weight excluding hydrogens is 323 g/mol. The summed E-state index contributed by atoms with van der Waals surface area (Å²) in [6.45, 7) is 4.14. The Morgan fingerprint density at radius 1 is 1.40 bits per heavy atom. The number of hydrogen-bond donors (Lipinski definition) is 1. The Morgan fingerprint density at radius 2 is 2.15 bits per heavy atom. The predicted octanol–water partition coefficient (Wildman–Crippen LogP) is 3.40. The highest BCUT2D eigenvalue weighted by molar-refractivity contribution is 9.10. The minimum absolute atomic E-state index is 0.158. The van der Waals surface area contributed by atoms with Gasteiger partial charge in [0.2, 0.25) is 0 Å². The number of halogens is 2. The maximum absolute atomic E-state index is 13.5. The van der Waals surface area contributed by atoms with Crippen molar-refractivity contribution in [1.29, 1.82) is 0 Å². The molecule has 0 spiro atoms. The number of hydrogen-bond acceptors (Lipinski definition) is 3. The molecule has 0 fully saturated rings. The van der Waals surface area contributed by atoms with Gasteiger partial charge in [-0.05, 0) is 48.0 Å². The summed E-state index contributed by atoms with van der Waals surface area (Å²) in [6.07, 6.45) is 1.70. The zero-order valence-electron chi connectivity index (χ0n) is 11.8. The fraction of sp³-hybridized carbons (Fsp3) is 0.429. The molecule has 0 aliphatic heterocycles. The first-order valence-electron chi connectivity index (χ1n) is 6.69. The second-order valence-corrected chi connectivity index (χ2v) is 5.39. The van der Waals surface area contributed by atoms with Crippen LogP contribution in [0.1, 0.15) is 37.7 Å². The molecule has 0 saturated carbocycles. The standard InChI is InChI=1S/C14H18BrFN4/c1-4-11(17-3)14-12(5-2)20(19-18-14)13-8-9(16)6-7-10(13)15/h6-8,11,17H,4-5H2,1-3H3. The molecule has 0 aliphatic carbocycles. The molecule has 108 valence electrons. The Bertz CT molecular complexity index is 593. The molecule has 4 nitrogen and oxygen atoms in total. The van der Waals surface area contributed by atoms with Gasteiger partial charge in [-0.1, -0.05) is 19.1 Å². The van der Waals surface area contributed by atoms with Crippen molar-refractivity contribution in [2.45, 2.75) is 32.7 Å². The molecule has 1 N–H and O–H groups in total. The number of nitrogens with zero attached hydrogens (tertiary/aromatic N) is 3. The van der Waals surface area contributed by atoms with Crippen LogP contribution in [0.3, 0.4) is 0 Å². The molecule has 0 bridgehead atoms. The molecule has 20 heavy (non-hydrogen) atoms. The number of rotatable bonds is 5. The lowest BCUT2D eigenvalue weighted by Crippen LogP contribution is -2.17. The van der Waals surface area contributed by atoms with E-state index in [0.29, 0.717) is 5.69 Å². The van der Waals surface area contributed by atoms with E-state index in [0.717, 1.165) is 28.7 Å². The Balaban J connectivity index is 2.55. The minimum atomic E-state index is -0.289. The SMILES string of the molecule is CCc1c(C(CC)NC)nnn1-c1cc(F)ccc1Br. The van der Waals surface area contributed by atoms with E-state index in [1.165, 1.54) is 12.1 Å². The van der Waals surface area contributed by atoms with Gasteiger partial charge < -0.3 is 5.32 Å². The third-order valence-electron chi connectivity index (χ3n) is 3.35. The smallest absolute Gasteiger partial charge is 0.125 e. The lowest BCUT2D eigenvalue weighted by molar-refractivity contribution is 0.555. The van der Waals surface area contributed by atoms with Gasteiger partial charge in [-0.15, -0.1) is 5.10 Å². The predicted molar refractivity (Wildman–Crippen MR) is 80.5 cm³/mol. The Morgan fingerprint density at radius 3 is 2.75 bits per heavy atom. The van der Waals surface area contributed by atoms with E-state index in [4.69, 9.17) is 0 Å². The highest BCUT2D eigenvalue weighted by Crippen LogP contribution is 2.26. The van der Waals surface area contributed by atoms with Crippen molar-refractivity contribution < 1.29 is 4.39 Å². The summed E-state index contributed by atoms with van der Waals surface area (Å²) >= 11 is 3.44. The first-order valence-corrected chi connectivity index (χ1v) is 7.48. The summed E-state index contributed by atoms with van der Waals surface area (Å²) in [5, 5.41) is 11.7. The van der Waals surface area contributed by atoms with Crippen molar-refractivity contribution in [2.24, 2.45) is 0 Å². The van der Waals surface area contributed by atoms with Crippen LogP contribution >= 0.6 is 15.9 Å². The van der Waals surface area contributed by atoms with Crippen molar-refractivity contribution in [1.82, 2.24) is 20.3 Å². The van der Waals surface area contributed by atoms with E-state index >= 15 is 0 Å². The summed E-state index contributed by atoms with van der Waals surface area (Å²) in [7, 11) is 1.91. The van der Waals surface area contributed by atoms with Gasteiger partial charge in [0.05, 0.1) is 17.4 Å². The van der Waals surface area contributed by atoms with Crippen LogP contribution in [-0.4, -0.2) is 22.0 Å². The molecular formula is C14H18BrFN4. The topological polar surface area (TPSA) is 42.7 Å². The normalized spacial score (nSPS) is 12.7. The number of nitrogens with one attached hydrogen (secondary N) is 1. The first-order chi connectivity index (χ1) is 9.62. The third-order valence-corrected chi connectivity index (χ3v) is 4.02. The van der Waals surface area contributed by atoms with Gasteiger partial charge in [0.15, 0.2) is 0 Å². The van der Waals surface area contributed by atoms with Crippen LogP contribution in [-0.2, 0) is 6.42 Å². The van der Waals surface area contributed by atoms with Crippen molar-refractivity contribution in [3.05, 3.63) is 39.9 Å². The van der Waals surface area contributed by atoms with Crippen molar-refractivity contribution in [3.8, 4) is 5.69 Å². The van der Waals surface area contributed by atoms with Crippen LogP contribution in [0.4, 0.5) is 4.39 Å². The second-order valence-electron chi connectivity index (χ2n) is 4.53. The van der Waals surface area contributed by atoms with Crippen LogP contribution in [0.15, 0.2) is 22.7 Å². The largest absolute Gasteiger partial charge is 0.312 e. The molecule has 1 atom stereocenters. The summed E-state index contributed by atoms with van der Waals surface area (Å²) in [5.41, 5.74) is 2.60. The highest BCUT2D eigenvalue weighted by atomic mass is 79.9. The Hall–Kier alpha value is -1.27. The van der Waals surface area contributed by atoms with Gasteiger partial charge in [-0.25, -0.2) is 9.07 Å². The van der Waals surface area contributed by atoms with Crippen molar-refractivity contribution >= 4 is 15.9 Å². The van der Waals surface area contributed by atoms with Gasteiger partial charge in [-0.3, -0.25) is 0 Å². The zero-order chi connectivity index (χ0) is 14.7. The average Bonchev–Trinajstić information content (AvgIpc) is 2.86. The van der Waals surface area contributed by atoms with Gasteiger partial charge in [0, 0.05) is 10.5 Å². The Labute approximate surface area is 126 Å². The molecule has 2 aromatic rings. The summed E-state index contributed by atoms with van der Waals surface area (Å²) in [5.74, 6) is -0.289. The summed E-state index contributed by atoms with van der Waals surface area (Å²) in [6, 6.07) is 4.72. The summed E-state index contributed by atoms with van der Waals surface area (Å²) in [4.78, 5) is 0. The van der Waals surface area contributed by atoms with Crippen molar-refractivity contribution in [2.75, 3.05) is 7.05 Å².